The molecule has 0 radical (unpaired) electrons. The third-order valence-corrected chi connectivity index (χ3v) is 3.42. The second-order valence-corrected chi connectivity index (χ2v) is 6.01. The summed E-state index contributed by atoms with van der Waals surface area (Å²) in [5.74, 6) is -1.46. The minimum atomic E-state index is -0.829. The molecule has 0 saturated carbocycles. The van der Waals surface area contributed by atoms with Gasteiger partial charge < -0.3 is 19.5 Å². The molecule has 0 spiro atoms. The minimum Gasteiger partial charge on any atom is -0.465 e. The first-order chi connectivity index (χ1) is 12.4. The number of benzene rings is 1. The van der Waals surface area contributed by atoms with Gasteiger partial charge in [-0.2, -0.15) is 0 Å². The molecule has 26 heavy (non-hydrogen) atoms. The largest absolute Gasteiger partial charge is 0.465 e. The van der Waals surface area contributed by atoms with Crippen LogP contribution in [-0.2, 0) is 30.4 Å². The molecule has 1 unspecified atom stereocenters. The third-order valence-electron chi connectivity index (χ3n) is 3.42. The van der Waals surface area contributed by atoms with Crippen molar-refractivity contribution >= 4 is 18.0 Å². The van der Waals surface area contributed by atoms with Crippen LogP contribution in [0.2, 0.25) is 0 Å². The normalized spacial score (nSPS) is 11.3. The van der Waals surface area contributed by atoms with Crippen molar-refractivity contribution in [2.24, 2.45) is 5.92 Å². The fraction of sp³-hybridized carbons (Fsp3) is 0.421. The van der Waals surface area contributed by atoms with Crippen LogP contribution in [0.4, 0.5) is 4.79 Å². The van der Waals surface area contributed by atoms with Gasteiger partial charge in [-0.1, -0.05) is 44.2 Å². The fourth-order valence-electron chi connectivity index (χ4n) is 2.23. The van der Waals surface area contributed by atoms with Crippen LogP contribution in [-0.4, -0.2) is 38.3 Å². The van der Waals surface area contributed by atoms with Gasteiger partial charge in [-0.3, -0.25) is 0 Å². The monoisotopic (exact) mass is 363 g/mol. The molecule has 1 N–H and O–H groups in total. The lowest BCUT2D eigenvalue weighted by Crippen LogP contribution is -2.36. The number of methoxy groups -OCH3 is 2. The molecular formula is C19H25NO6. The molecule has 7 heteroatoms. The number of carbonyl (C=O) groups is 3. The molecular weight excluding hydrogens is 338 g/mol. The Hall–Kier alpha value is -2.83. The van der Waals surface area contributed by atoms with E-state index in [-0.39, 0.29) is 18.1 Å². The Balaban J connectivity index is 2.83. The van der Waals surface area contributed by atoms with Gasteiger partial charge in [0.05, 0.1) is 20.3 Å². The van der Waals surface area contributed by atoms with E-state index < -0.39 is 24.1 Å². The highest BCUT2D eigenvalue weighted by atomic mass is 16.6. The summed E-state index contributed by atoms with van der Waals surface area (Å²) in [6, 6.07) is 8.65. The van der Waals surface area contributed by atoms with Gasteiger partial charge in [0.1, 0.15) is 12.2 Å². The quantitative estimate of drug-likeness (QED) is 0.251. The van der Waals surface area contributed by atoms with Crippen molar-refractivity contribution < 1.29 is 28.6 Å². The Morgan fingerprint density at radius 1 is 1.04 bits per heavy atom. The Bertz CT molecular complexity index is 621. The van der Waals surface area contributed by atoms with Crippen LogP contribution in [0.3, 0.4) is 0 Å². The molecule has 0 saturated heterocycles. The number of carbonyl (C=O) groups excluding carboxylic acids is 3. The van der Waals surface area contributed by atoms with Crippen molar-refractivity contribution in [3.8, 4) is 0 Å². The molecule has 0 aliphatic carbocycles. The number of nitrogens with one attached hydrogen (secondary N) is 1. The van der Waals surface area contributed by atoms with Crippen LogP contribution in [0.25, 0.3) is 0 Å². The predicted octanol–water partition coefficient (Wildman–Crippen LogP) is 2.60. The van der Waals surface area contributed by atoms with Crippen LogP contribution in [0, 0.1) is 5.92 Å². The number of rotatable bonds is 8. The summed E-state index contributed by atoms with van der Waals surface area (Å²) in [6.07, 6.45) is 1.18. The van der Waals surface area contributed by atoms with Crippen LogP contribution >= 0.6 is 0 Å². The van der Waals surface area contributed by atoms with E-state index in [0.717, 1.165) is 19.8 Å². The molecule has 1 amide bonds. The number of alkyl carbamates (subject to hydrolysis) is 1. The van der Waals surface area contributed by atoms with Crippen molar-refractivity contribution in [1.29, 1.82) is 0 Å². The van der Waals surface area contributed by atoms with E-state index in [1.807, 2.05) is 44.2 Å². The maximum atomic E-state index is 12.1. The summed E-state index contributed by atoms with van der Waals surface area (Å²) < 4.78 is 14.4. The second kappa shape index (κ2) is 10.9. The third kappa shape index (κ3) is 7.38. The molecule has 0 heterocycles. The average molecular weight is 363 g/mol. The molecule has 142 valence electrons. The summed E-state index contributed by atoms with van der Waals surface area (Å²) in [4.78, 5) is 35.7. The van der Waals surface area contributed by atoms with Crippen molar-refractivity contribution in [3.63, 3.8) is 0 Å². The molecule has 0 aromatic heterocycles. The summed E-state index contributed by atoms with van der Waals surface area (Å²) in [7, 11) is 2.33. The maximum Gasteiger partial charge on any atom is 0.407 e. The highest BCUT2D eigenvalue weighted by Gasteiger charge is 2.23. The average Bonchev–Trinajstić information content (AvgIpc) is 2.63. The standard InChI is InChI=1S/C19H25NO6/c1-13(2)10-15(11-16(17(21)24-3)18(22)25-4)20-19(23)26-12-14-8-6-5-7-9-14/h5-9,11,13,15H,10,12H2,1-4H3,(H,20,23). The van der Waals surface area contributed by atoms with Crippen LogP contribution in [0.5, 0.6) is 0 Å². The van der Waals surface area contributed by atoms with Gasteiger partial charge in [0.15, 0.2) is 0 Å². The van der Waals surface area contributed by atoms with E-state index in [2.05, 4.69) is 14.8 Å². The van der Waals surface area contributed by atoms with Gasteiger partial charge in [0.2, 0.25) is 0 Å². The summed E-state index contributed by atoms with van der Waals surface area (Å²) in [6.45, 7) is 4.02. The van der Waals surface area contributed by atoms with Gasteiger partial charge in [-0.25, -0.2) is 14.4 Å². The van der Waals surface area contributed by atoms with Gasteiger partial charge in [0.25, 0.3) is 0 Å². The van der Waals surface area contributed by atoms with Gasteiger partial charge >= 0.3 is 18.0 Å². The molecule has 0 fully saturated rings. The van der Waals surface area contributed by atoms with E-state index in [4.69, 9.17) is 4.74 Å². The van der Waals surface area contributed by atoms with Crippen molar-refractivity contribution in [2.45, 2.75) is 32.9 Å². The van der Waals surface area contributed by atoms with Crippen molar-refractivity contribution in [1.82, 2.24) is 5.32 Å². The van der Waals surface area contributed by atoms with Crippen molar-refractivity contribution in [3.05, 3.63) is 47.5 Å². The number of amides is 1. The summed E-state index contributed by atoms with van der Waals surface area (Å²) >= 11 is 0. The van der Waals surface area contributed by atoms with Crippen LogP contribution in [0.1, 0.15) is 25.8 Å². The summed E-state index contributed by atoms with van der Waals surface area (Å²) in [5.41, 5.74) is 0.576. The topological polar surface area (TPSA) is 90.9 Å². The number of hydrogen-bond acceptors (Lipinski definition) is 6. The molecule has 1 rings (SSSR count). The Labute approximate surface area is 153 Å². The molecule has 7 nitrogen and oxygen atoms in total. The summed E-state index contributed by atoms with van der Waals surface area (Å²) in [5, 5.41) is 2.65. The molecule has 1 aromatic rings. The Kier molecular flexibility index (Phi) is 8.91. The zero-order chi connectivity index (χ0) is 19.5. The first-order valence-electron chi connectivity index (χ1n) is 8.23. The molecule has 0 bridgehead atoms. The smallest absolute Gasteiger partial charge is 0.407 e. The van der Waals surface area contributed by atoms with Crippen molar-refractivity contribution in [2.75, 3.05) is 14.2 Å². The lowest BCUT2D eigenvalue weighted by Gasteiger charge is -2.18. The van der Waals surface area contributed by atoms with E-state index >= 15 is 0 Å². The molecule has 0 aliphatic rings. The van der Waals surface area contributed by atoms with Gasteiger partial charge in [-0.15, -0.1) is 0 Å². The lowest BCUT2D eigenvalue weighted by atomic mass is 10.0. The van der Waals surface area contributed by atoms with E-state index in [1.54, 1.807) is 0 Å². The highest BCUT2D eigenvalue weighted by molar-refractivity contribution is 6.14. The Morgan fingerprint density at radius 2 is 1.62 bits per heavy atom. The van der Waals surface area contributed by atoms with Crippen LogP contribution < -0.4 is 5.32 Å². The highest BCUT2D eigenvalue weighted by Crippen LogP contribution is 2.11. The molecule has 1 aromatic carbocycles. The van der Waals surface area contributed by atoms with Gasteiger partial charge in [-0.05, 0) is 24.0 Å². The first-order valence-corrected chi connectivity index (χ1v) is 8.23. The first kappa shape index (κ1) is 21.2. The molecule has 1 atom stereocenters. The predicted molar refractivity (Wildman–Crippen MR) is 95.1 cm³/mol. The fourth-order valence-corrected chi connectivity index (χ4v) is 2.23. The van der Waals surface area contributed by atoms with E-state index in [0.29, 0.717) is 6.42 Å². The molecule has 0 aliphatic heterocycles. The second-order valence-electron chi connectivity index (χ2n) is 6.01. The Morgan fingerprint density at radius 3 is 2.12 bits per heavy atom. The number of ether oxygens (including phenoxy) is 3. The van der Waals surface area contributed by atoms with E-state index in [1.165, 1.54) is 6.08 Å². The lowest BCUT2D eigenvalue weighted by molar-refractivity contribution is -0.144. The van der Waals surface area contributed by atoms with E-state index in [9.17, 15) is 14.4 Å². The number of esters is 2. The zero-order valence-corrected chi connectivity index (χ0v) is 15.5. The van der Waals surface area contributed by atoms with Gasteiger partial charge in [0, 0.05) is 0 Å². The SMILES string of the molecule is COC(=O)C(=CC(CC(C)C)NC(=O)OCc1ccccc1)C(=O)OC. The van der Waals surface area contributed by atoms with Crippen LogP contribution in [0.15, 0.2) is 42.0 Å². The minimum absolute atomic E-state index is 0.117. The number of hydrogen-bond donors (Lipinski definition) is 1. The zero-order valence-electron chi connectivity index (χ0n) is 15.5. The maximum absolute atomic E-state index is 12.1.